The Morgan fingerprint density at radius 2 is 0.882 bits per heavy atom. The van der Waals surface area contributed by atoms with E-state index in [2.05, 4.69) is 82.3 Å². The molecule has 0 bridgehead atoms. The lowest BCUT2D eigenvalue weighted by Gasteiger charge is -2.36. The fourth-order valence-electron chi connectivity index (χ4n) is 3.54. The van der Waals surface area contributed by atoms with Gasteiger partial charge in [0.15, 0.2) is 0 Å². The molecule has 0 aliphatic heterocycles. The van der Waals surface area contributed by atoms with Gasteiger partial charge in [-0.1, -0.05) is 84.9 Å². The van der Waals surface area contributed by atoms with Crippen molar-refractivity contribution in [3.8, 4) is 11.5 Å². The molecule has 34 heavy (non-hydrogen) atoms. The molecule has 2 unspecified atom stereocenters. The largest absolute Gasteiger partial charge is 0.495 e. The Kier molecular flexibility index (Phi) is 8.38. The zero-order chi connectivity index (χ0) is 23.8. The monoisotopic (exact) mass is 489 g/mol. The minimum absolute atomic E-state index is 0.820. The second-order valence-electron chi connectivity index (χ2n) is 7.41. The first-order valence-electron chi connectivity index (χ1n) is 10.9. The van der Waals surface area contributed by atoms with Crippen LogP contribution >= 0.6 is 16.4 Å². The molecule has 0 amide bonds. The maximum atomic E-state index is 5.64. The fourth-order valence-corrected chi connectivity index (χ4v) is 8.09. The summed E-state index contributed by atoms with van der Waals surface area (Å²) in [4.78, 5) is 0. The lowest BCUT2D eigenvalue weighted by molar-refractivity contribution is 0.417. The third-order valence-electron chi connectivity index (χ3n) is 5.25. The highest BCUT2D eigenvalue weighted by molar-refractivity contribution is 7.79. The summed E-state index contributed by atoms with van der Waals surface area (Å²) in [7, 11) is 3.66. The molecular weight excluding hydrogens is 460 g/mol. The van der Waals surface area contributed by atoms with Crippen molar-refractivity contribution in [3.63, 3.8) is 0 Å². The maximum Gasteiger partial charge on any atom is 0.142 e. The average Bonchev–Trinajstić information content (AvgIpc) is 2.91. The van der Waals surface area contributed by atoms with Crippen LogP contribution in [0.25, 0.3) is 0 Å². The Morgan fingerprint density at radius 3 is 1.26 bits per heavy atom. The first kappa shape index (κ1) is 24.0. The van der Waals surface area contributed by atoms with E-state index >= 15 is 0 Å². The molecule has 0 heterocycles. The van der Waals surface area contributed by atoms with Gasteiger partial charge in [-0.05, 0) is 31.3 Å². The van der Waals surface area contributed by atoms with Gasteiger partial charge >= 0.3 is 0 Å². The predicted octanol–water partition coefficient (Wildman–Crippen LogP) is 6.43. The molecule has 0 fully saturated rings. The average molecular weight is 489 g/mol. The summed E-state index contributed by atoms with van der Waals surface area (Å²) in [5.41, 5.74) is 1.93. The Morgan fingerprint density at radius 1 is 0.529 bits per heavy atom. The van der Waals surface area contributed by atoms with Crippen molar-refractivity contribution in [2.24, 2.45) is 0 Å². The fraction of sp³-hybridized carbons (Fsp3) is 0.111. The summed E-state index contributed by atoms with van der Waals surface area (Å²) in [6.45, 7) is 0. The van der Waals surface area contributed by atoms with Gasteiger partial charge in [0, 0.05) is 10.6 Å². The number of anilines is 2. The van der Waals surface area contributed by atoms with Crippen LogP contribution in [0.15, 0.2) is 109 Å². The van der Waals surface area contributed by atoms with Gasteiger partial charge in [0.1, 0.15) is 27.9 Å². The highest BCUT2D eigenvalue weighted by Crippen LogP contribution is 2.55. The van der Waals surface area contributed by atoms with Gasteiger partial charge in [-0.15, -0.1) is 0 Å². The highest BCUT2D eigenvalue weighted by Gasteiger charge is 2.28. The van der Waals surface area contributed by atoms with Crippen molar-refractivity contribution in [3.05, 3.63) is 109 Å². The molecule has 2 atom stereocenters. The lowest BCUT2D eigenvalue weighted by atomic mass is 10.3. The van der Waals surface area contributed by atoms with Gasteiger partial charge in [-0.2, -0.15) is 0 Å². The van der Waals surface area contributed by atoms with Crippen molar-refractivity contribution >= 4 is 38.4 Å². The van der Waals surface area contributed by atoms with Crippen LogP contribution in [-0.4, -0.2) is 25.7 Å². The third-order valence-corrected chi connectivity index (χ3v) is 9.96. The van der Waals surface area contributed by atoms with Crippen LogP contribution in [0, 0.1) is 0 Å². The molecule has 0 saturated heterocycles. The summed E-state index contributed by atoms with van der Waals surface area (Å²) in [6.07, 6.45) is 0. The number of ether oxygens (including phenoxy) is 2. The molecule has 4 aromatic carbocycles. The van der Waals surface area contributed by atoms with Crippen molar-refractivity contribution < 1.29 is 9.47 Å². The number of hydrogen-bond donors (Lipinski definition) is 2. The van der Waals surface area contributed by atoms with Gasteiger partial charge < -0.3 is 19.6 Å². The molecule has 0 aliphatic carbocycles. The molecule has 0 spiro atoms. The van der Waals surface area contributed by atoms with E-state index in [9.17, 15) is 0 Å². The van der Waals surface area contributed by atoms with E-state index in [0.29, 0.717) is 0 Å². The topological polar surface area (TPSA) is 45.8 Å². The summed E-state index contributed by atoms with van der Waals surface area (Å²) in [5.74, 6) is 1.64. The van der Waals surface area contributed by atoms with Gasteiger partial charge in [0.2, 0.25) is 0 Å². The van der Waals surface area contributed by atoms with Crippen molar-refractivity contribution in [1.29, 1.82) is 0 Å². The van der Waals surface area contributed by atoms with Gasteiger partial charge in [-0.25, -0.2) is 4.44 Å². The van der Waals surface area contributed by atoms with Crippen LogP contribution in [0.4, 0.5) is 11.4 Å². The Balaban J connectivity index is 1.75. The van der Waals surface area contributed by atoms with Gasteiger partial charge in [0.05, 0.1) is 25.6 Å². The van der Waals surface area contributed by atoms with E-state index in [0.717, 1.165) is 22.9 Å². The van der Waals surface area contributed by atoms with Gasteiger partial charge in [0.25, 0.3) is 0 Å². The first-order chi connectivity index (χ1) is 16.7. The van der Waals surface area contributed by atoms with E-state index in [4.69, 9.17) is 9.47 Å². The molecule has 5 nitrogen and oxygen atoms in total. The summed E-state index contributed by atoms with van der Waals surface area (Å²) in [6, 6.07) is 37.2. The zero-order valence-electron chi connectivity index (χ0n) is 19.6. The van der Waals surface area contributed by atoms with Crippen LogP contribution in [0.3, 0.4) is 0 Å². The number of methoxy groups -OCH3 is 2. The number of nitrogens with one attached hydrogen (secondary N) is 2. The maximum absolute atomic E-state index is 5.64. The quantitative estimate of drug-likeness (QED) is 0.251. The molecule has 2 N–H and O–H groups in total. The van der Waals surface area contributed by atoms with E-state index in [1.807, 2.05) is 48.5 Å². The van der Waals surface area contributed by atoms with E-state index in [1.165, 1.54) is 10.6 Å². The van der Waals surface area contributed by atoms with E-state index in [1.54, 1.807) is 14.2 Å². The molecular formula is C27H29N3O2P2. The Labute approximate surface area is 204 Å². The predicted molar refractivity (Wildman–Crippen MR) is 147 cm³/mol. The molecule has 0 saturated carbocycles. The van der Waals surface area contributed by atoms with Crippen LogP contribution in [0.1, 0.15) is 0 Å². The number of benzene rings is 4. The Bertz CT molecular complexity index is 1090. The smallest absolute Gasteiger partial charge is 0.142 e. The summed E-state index contributed by atoms with van der Waals surface area (Å²) >= 11 is 0. The summed E-state index contributed by atoms with van der Waals surface area (Å²) in [5, 5.41) is 10.0. The SMILES string of the molecule is COc1ccccc1NP(c1ccccc1)N(C)P(Nc1ccccc1OC)c1ccccc1. The molecule has 0 aliphatic rings. The number of nitrogens with zero attached hydrogens (tertiary/aromatic N) is 1. The molecule has 4 aromatic rings. The second kappa shape index (κ2) is 11.9. The number of rotatable bonds is 10. The highest BCUT2D eigenvalue weighted by atomic mass is 31.2. The Hall–Kier alpha value is -3.10. The molecule has 4 rings (SSSR count). The minimum atomic E-state index is -0.959. The van der Waals surface area contributed by atoms with E-state index < -0.39 is 16.4 Å². The normalized spacial score (nSPS) is 12.6. The van der Waals surface area contributed by atoms with E-state index in [-0.39, 0.29) is 0 Å². The second-order valence-corrected chi connectivity index (χ2v) is 11.7. The first-order valence-corrected chi connectivity index (χ1v) is 13.5. The minimum Gasteiger partial charge on any atom is -0.495 e. The third kappa shape index (κ3) is 5.69. The molecule has 7 heteroatoms. The van der Waals surface area contributed by atoms with Crippen LogP contribution in [0.2, 0.25) is 0 Å². The number of para-hydroxylation sites is 4. The standard InChI is InChI=1S/C27H29N3O2P2/c1-30(33(22-14-6-4-7-15-22)28-24-18-10-12-20-26(24)31-2)34(23-16-8-5-9-17-23)29-25-19-11-13-21-27(25)32-3/h4-21,28-29H,1-3H3. The molecule has 174 valence electrons. The van der Waals surface area contributed by atoms with Crippen LogP contribution in [0.5, 0.6) is 11.5 Å². The molecule has 0 radical (unpaired) electrons. The number of hydrogen-bond acceptors (Lipinski definition) is 5. The van der Waals surface area contributed by atoms with Crippen molar-refractivity contribution in [2.75, 3.05) is 31.4 Å². The van der Waals surface area contributed by atoms with Crippen LogP contribution in [-0.2, 0) is 0 Å². The van der Waals surface area contributed by atoms with Crippen molar-refractivity contribution in [2.45, 2.75) is 0 Å². The van der Waals surface area contributed by atoms with Gasteiger partial charge in [-0.3, -0.25) is 0 Å². The lowest BCUT2D eigenvalue weighted by Crippen LogP contribution is -2.26. The molecule has 0 aromatic heterocycles. The zero-order valence-corrected chi connectivity index (χ0v) is 21.3. The van der Waals surface area contributed by atoms with Crippen LogP contribution < -0.4 is 30.3 Å². The van der Waals surface area contributed by atoms with Crippen molar-refractivity contribution in [1.82, 2.24) is 4.44 Å². The summed E-state index contributed by atoms with van der Waals surface area (Å²) < 4.78 is 13.7.